The topological polar surface area (TPSA) is 17.1 Å². The minimum Gasteiger partial charge on any atom is -0.279 e. The van der Waals surface area contributed by atoms with Crippen LogP contribution in [0.3, 0.4) is 0 Å². The van der Waals surface area contributed by atoms with E-state index in [4.69, 9.17) is 27.8 Å². The Balaban J connectivity index is 0.000000181. The van der Waals surface area contributed by atoms with Crippen molar-refractivity contribution in [2.75, 3.05) is 0 Å². The van der Waals surface area contributed by atoms with Crippen molar-refractivity contribution in [3.8, 4) is 22.3 Å². The van der Waals surface area contributed by atoms with Gasteiger partial charge in [0.25, 0.3) is 0 Å². The van der Waals surface area contributed by atoms with Crippen molar-refractivity contribution in [3.63, 3.8) is 0 Å². The highest BCUT2D eigenvalue weighted by molar-refractivity contribution is 7.00. The van der Waals surface area contributed by atoms with Gasteiger partial charge in [-0.3, -0.25) is 4.57 Å². The Labute approximate surface area is 142 Å². The van der Waals surface area contributed by atoms with Gasteiger partial charge in [-0.2, -0.15) is 0 Å². The molecule has 0 bridgehead atoms. The van der Waals surface area contributed by atoms with Gasteiger partial charge in [-0.25, -0.2) is 0 Å². The second kappa shape index (κ2) is 8.10. The van der Waals surface area contributed by atoms with Crippen LogP contribution >= 0.6 is 32.3 Å². The van der Waals surface area contributed by atoms with E-state index in [0.717, 1.165) is 11.1 Å². The molecular weight excluding hydrogens is 334 g/mol. The van der Waals surface area contributed by atoms with Crippen LogP contribution in [0.4, 0.5) is 0 Å². The number of benzene rings is 3. The van der Waals surface area contributed by atoms with Gasteiger partial charge in [0.15, 0.2) is 0 Å². The molecule has 0 aliphatic heterocycles. The van der Waals surface area contributed by atoms with E-state index in [2.05, 4.69) is 24.3 Å². The molecule has 4 heteroatoms. The molecule has 0 radical (unpaired) electrons. The summed E-state index contributed by atoms with van der Waals surface area (Å²) in [4.78, 5) is 0. The maximum atomic E-state index is 8.06. The van der Waals surface area contributed by atoms with Crippen LogP contribution in [-0.4, -0.2) is 0 Å². The Morgan fingerprint density at radius 2 is 1.14 bits per heavy atom. The van der Waals surface area contributed by atoms with E-state index in [1.165, 1.54) is 11.1 Å². The maximum Gasteiger partial charge on any atom is 0.138 e. The predicted octanol–water partition coefficient (Wildman–Crippen LogP) is 6.80. The zero-order valence-corrected chi connectivity index (χ0v) is 14.1. The summed E-state index contributed by atoms with van der Waals surface area (Å²) in [6.45, 7) is 0. The molecule has 110 valence electrons. The van der Waals surface area contributed by atoms with Gasteiger partial charge in [-0.05, 0) is 22.8 Å². The van der Waals surface area contributed by atoms with E-state index in [9.17, 15) is 0 Å². The zero-order chi connectivity index (χ0) is 15.9. The lowest BCUT2D eigenvalue weighted by molar-refractivity contribution is 0.607. The third-order valence-corrected chi connectivity index (χ3v) is 4.07. The minimum atomic E-state index is 0.591. The number of halogens is 2. The van der Waals surface area contributed by atoms with Crippen molar-refractivity contribution < 1.29 is 4.57 Å². The van der Waals surface area contributed by atoms with Gasteiger partial charge >= 0.3 is 0 Å². The first-order chi connectivity index (χ1) is 10.8. The smallest absolute Gasteiger partial charge is 0.138 e. The van der Waals surface area contributed by atoms with E-state index in [1.54, 1.807) is 15.2 Å². The third kappa shape index (κ3) is 3.75. The fraction of sp³-hybridized carbons (Fsp3) is 0. The first-order valence-corrected chi connectivity index (χ1v) is 7.72. The molecule has 22 heavy (non-hydrogen) atoms. The molecule has 0 fully saturated rings. The van der Waals surface area contributed by atoms with Crippen LogP contribution < -0.4 is 0 Å². The summed E-state index contributed by atoms with van der Waals surface area (Å²) in [5, 5.41) is 1.20. The molecule has 0 spiro atoms. The molecule has 2 aliphatic carbocycles. The van der Waals surface area contributed by atoms with Crippen LogP contribution in [0.2, 0.25) is 10.0 Å². The summed E-state index contributed by atoms with van der Waals surface area (Å²) in [6, 6.07) is 24.1. The van der Waals surface area contributed by atoms with E-state index in [0.29, 0.717) is 10.0 Å². The second-order valence-electron chi connectivity index (χ2n) is 4.54. The average Bonchev–Trinajstić information content (AvgIpc) is 2.57. The fourth-order valence-electron chi connectivity index (χ4n) is 2.01. The van der Waals surface area contributed by atoms with Gasteiger partial charge in [0.05, 0.1) is 10.0 Å². The van der Waals surface area contributed by atoms with Gasteiger partial charge in [0.2, 0.25) is 0 Å². The Morgan fingerprint density at radius 1 is 0.591 bits per heavy atom. The highest BCUT2D eigenvalue weighted by Gasteiger charge is 2.05. The summed E-state index contributed by atoms with van der Waals surface area (Å²) < 4.78 is 8.06. The van der Waals surface area contributed by atoms with Crippen molar-refractivity contribution >= 4 is 32.3 Å². The lowest BCUT2D eigenvalue weighted by Crippen LogP contribution is -1.85. The van der Waals surface area contributed by atoms with Crippen LogP contribution in [0, 0.1) is 0 Å². The van der Waals surface area contributed by atoms with Crippen molar-refractivity contribution in [1.82, 2.24) is 0 Å². The van der Waals surface area contributed by atoms with Gasteiger partial charge in [0, 0.05) is 5.56 Å². The molecule has 0 atom stereocenters. The monoisotopic (exact) mass is 346 g/mol. The summed E-state index contributed by atoms with van der Waals surface area (Å²) in [5.74, 6) is 0. The largest absolute Gasteiger partial charge is 0.279 e. The van der Waals surface area contributed by atoms with Crippen molar-refractivity contribution in [2.45, 2.75) is 0 Å². The molecular formula is C18H13Cl2OP. The molecule has 2 aromatic rings. The molecule has 0 unspecified atom stereocenters. The standard InChI is InChI=1S/C12H8Cl2.C6H4.HOP/c13-11-8-4-7-10(12(11)14)9-5-2-1-3-6-9;1-2-6-4-3-5(1)6;1-2/h1-8H;1-4H;2H. The van der Waals surface area contributed by atoms with Gasteiger partial charge < -0.3 is 0 Å². The van der Waals surface area contributed by atoms with Crippen LogP contribution in [-0.2, 0) is 4.57 Å². The van der Waals surface area contributed by atoms with Crippen LogP contribution in [0.25, 0.3) is 22.3 Å². The average molecular weight is 347 g/mol. The number of fused-ring (bicyclic) bond motifs is 1. The van der Waals surface area contributed by atoms with Crippen molar-refractivity contribution in [1.29, 1.82) is 0 Å². The Bertz CT molecular complexity index is 722. The molecule has 2 aromatic carbocycles. The molecule has 0 heterocycles. The molecule has 0 aromatic heterocycles. The van der Waals surface area contributed by atoms with Gasteiger partial charge in [-0.15, -0.1) is 0 Å². The van der Waals surface area contributed by atoms with Crippen molar-refractivity contribution in [2.24, 2.45) is 0 Å². The lowest BCUT2D eigenvalue weighted by Gasteiger charge is -2.10. The minimum absolute atomic E-state index is 0.591. The quantitative estimate of drug-likeness (QED) is 0.346. The molecule has 0 amide bonds. The maximum absolute atomic E-state index is 8.06. The normalized spacial score (nSPS) is 9.73. The van der Waals surface area contributed by atoms with Crippen molar-refractivity contribution in [3.05, 3.63) is 82.8 Å². The Morgan fingerprint density at radius 3 is 1.59 bits per heavy atom. The Kier molecular flexibility index (Phi) is 6.15. The number of hydrogen-bond acceptors (Lipinski definition) is 1. The summed E-state index contributed by atoms with van der Waals surface area (Å²) in [7, 11) is 1.72. The molecule has 0 N–H and O–H groups in total. The lowest BCUT2D eigenvalue weighted by atomic mass is 9.95. The summed E-state index contributed by atoms with van der Waals surface area (Å²) in [6.07, 6.45) is 0. The molecule has 2 aliphatic rings. The predicted molar refractivity (Wildman–Crippen MR) is 96.3 cm³/mol. The fourth-order valence-corrected chi connectivity index (χ4v) is 2.42. The zero-order valence-electron chi connectivity index (χ0n) is 11.6. The molecule has 1 nitrogen and oxygen atoms in total. The van der Waals surface area contributed by atoms with Gasteiger partial charge in [-0.1, -0.05) is 89.9 Å². The first kappa shape index (κ1) is 16.7. The summed E-state index contributed by atoms with van der Waals surface area (Å²) in [5.41, 5.74) is 4.91. The molecule has 0 saturated carbocycles. The van der Waals surface area contributed by atoms with E-state index < -0.39 is 0 Å². The highest BCUT2D eigenvalue weighted by Crippen LogP contribution is 2.33. The van der Waals surface area contributed by atoms with E-state index >= 15 is 0 Å². The van der Waals surface area contributed by atoms with E-state index in [-0.39, 0.29) is 0 Å². The molecule has 4 rings (SSSR count). The second-order valence-corrected chi connectivity index (χ2v) is 5.33. The highest BCUT2D eigenvalue weighted by atomic mass is 35.5. The van der Waals surface area contributed by atoms with E-state index in [1.807, 2.05) is 42.5 Å². The van der Waals surface area contributed by atoms with Crippen LogP contribution in [0.1, 0.15) is 0 Å². The number of hydrogen-bond donors (Lipinski definition) is 0. The van der Waals surface area contributed by atoms with Crippen LogP contribution in [0.5, 0.6) is 0 Å². The first-order valence-electron chi connectivity index (χ1n) is 6.56. The number of rotatable bonds is 1. The Hall–Kier alpha value is -1.66. The third-order valence-electron chi connectivity index (χ3n) is 3.25. The molecule has 0 saturated heterocycles. The van der Waals surface area contributed by atoms with Gasteiger partial charge in [0.1, 0.15) is 9.12 Å². The summed E-state index contributed by atoms with van der Waals surface area (Å²) >= 11 is 12.0. The van der Waals surface area contributed by atoms with Crippen LogP contribution in [0.15, 0.2) is 72.8 Å². The SMILES string of the molecule is Clc1cccc(-c2ccccc2)c1Cl.O=P.c1cc2ccc1-2.